The van der Waals surface area contributed by atoms with Gasteiger partial charge in [0.15, 0.2) is 0 Å². The highest BCUT2D eigenvalue weighted by Crippen LogP contribution is 2.18. The maximum Gasteiger partial charge on any atom is 0.253 e. The first-order valence-electron chi connectivity index (χ1n) is 7.09. The summed E-state index contributed by atoms with van der Waals surface area (Å²) in [5.74, 6) is 0.592. The van der Waals surface area contributed by atoms with Crippen LogP contribution in [0.3, 0.4) is 0 Å². The van der Waals surface area contributed by atoms with Gasteiger partial charge >= 0.3 is 0 Å². The summed E-state index contributed by atoms with van der Waals surface area (Å²) in [5, 5.41) is 6.31. The number of carbonyl (C=O) groups is 1. The van der Waals surface area contributed by atoms with Crippen LogP contribution in [0, 0.1) is 12.8 Å². The minimum Gasteiger partial charge on any atom is -0.385 e. The van der Waals surface area contributed by atoms with Gasteiger partial charge in [-0.05, 0) is 45.2 Å². The summed E-state index contributed by atoms with van der Waals surface area (Å²) in [7, 11) is 0. The van der Waals surface area contributed by atoms with E-state index in [1.165, 1.54) is 0 Å². The Labute approximate surface area is 116 Å². The van der Waals surface area contributed by atoms with E-state index < -0.39 is 0 Å². The second-order valence-electron chi connectivity index (χ2n) is 5.58. The van der Waals surface area contributed by atoms with E-state index in [9.17, 15) is 4.79 Å². The first kappa shape index (κ1) is 15.5. The number of benzene rings is 1. The lowest BCUT2D eigenvalue weighted by atomic mass is 10.0. The maximum absolute atomic E-state index is 12.3. The SMILES string of the molecule is CCNc1ccc(C)cc1C(=O)NC(C)CC(C)C. The molecule has 0 aliphatic carbocycles. The third-order valence-electron chi connectivity index (χ3n) is 2.99. The van der Waals surface area contributed by atoms with Crippen LogP contribution in [0.25, 0.3) is 0 Å². The van der Waals surface area contributed by atoms with E-state index in [4.69, 9.17) is 0 Å². The number of anilines is 1. The zero-order valence-electron chi connectivity index (χ0n) is 12.7. The highest BCUT2D eigenvalue weighted by atomic mass is 16.1. The molecule has 1 unspecified atom stereocenters. The lowest BCUT2D eigenvalue weighted by Gasteiger charge is -2.18. The number of amides is 1. The van der Waals surface area contributed by atoms with E-state index >= 15 is 0 Å². The van der Waals surface area contributed by atoms with Gasteiger partial charge in [-0.2, -0.15) is 0 Å². The van der Waals surface area contributed by atoms with Crippen LogP contribution >= 0.6 is 0 Å². The molecule has 0 aromatic heterocycles. The Morgan fingerprint density at radius 2 is 1.95 bits per heavy atom. The van der Waals surface area contributed by atoms with Crippen LogP contribution in [-0.2, 0) is 0 Å². The molecule has 3 nitrogen and oxygen atoms in total. The number of hydrogen-bond donors (Lipinski definition) is 2. The van der Waals surface area contributed by atoms with E-state index in [0.717, 1.165) is 29.8 Å². The van der Waals surface area contributed by atoms with Gasteiger partial charge in [0.05, 0.1) is 5.56 Å². The van der Waals surface area contributed by atoms with Crippen molar-refractivity contribution in [1.82, 2.24) is 5.32 Å². The Balaban J connectivity index is 2.83. The first-order chi connectivity index (χ1) is 8.93. The molecule has 1 rings (SSSR count). The van der Waals surface area contributed by atoms with Crippen molar-refractivity contribution in [2.24, 2.45) is 5.92 Å². The average molecular weight is 262 g/mol. The zero-order valence-corrected chi connectivity index (χ0v) is 12.7. The third-order valence-corrected chi connectivity index (χ3v) is 2.99. The normalized spacial score (nSPS) is 12.3. The topological polar surface area (TPSA) is 41.1 Å². The Morgan fingerprint density at radius 1 is 1.26 bits per heavy atom. The van der Waals surface area contributed by atoms with Crippen molar-refractivity contribution in [2.75, 3.05) is 11.9 Å². The van der Waals surface area contributed by atoms with Crippen LogP contribution in [-0.4, -0.2) is 18.5 Å². The number of aryl methyl sites for hydroxylation is 1. The van der Waals surface area contributed by atoms with Crippen molar-refractivity contribution in [3.63, 3.8) is 0 Å². The molecule has 0 fully saturated rings. The molecule has 0 saturated carbocycles. The summed E-state index contributed by atoms with van der Waals surface area (Å²) in [6, 6.07) is 6.13. The van der Waals surface area contributed by atoms with Gasteiger partial charge < -0.3 is 10.6 Å². The van der Waals surface area contributed by atoms with E-state index in [1.54, 1.807) is 0 Å². The molecule has 0 heterocycles. The molecule has 0 aliphatic heterocycles. The Bertz CT molecular complexity index is 427. The van der Waals surface area contributed by atoms with Crippen LogP contribution < -0.4 is 10.6 Å². The molecule has 0 radical (unpaired) electrons. The van der Waals surface area contributed by atoms with Crippen molar-refractivity contribution in [2.45, 2.75) is 47.1 Å². The third kappa shape index (κ3) is 4.93. The summed E-state index contributed by atoms with van der Waals surface area (Å²) in [6.45, 7) is 11.2. The van der Waals surface area contributed by atoms with Gasteiger partial charge in [0.2, 0.25) is 0 Å². The number of hydrogen-bond acceptors (Lipinski definition) is 2. The Hall–Kier alpha value is -1.51. The molecule has 1 aromatic rings. The smallest absolute Gasteiger partial charge is 0.253 e. The van der Waals surface area contributed by atoms with Crippen molar-refractivity contribution in [1.29, 1.82) is 0 Å². The molecule has 0 saturated heterocycles. The largest absolute Gasteiger partial charge is 0.385 e. The van der Waals surface area contributed by atoms with E-state index in [2.05, 4.69) is 31.4 Å². The van der Waals surface area contributed by atoms with Crippen LogP contribution in [0.5, 0.6) is 0 Å². The molecule has 0 bridgehead atoms. The summed E-state index contributed by atoms with van der Waals surface area (Å²) < 4.78 is 0. The molecule has 3 heteroatoms. The molecule has 19 heavy (non-hydrogen) atoms. The summed E-state index contributed by atoms with van der Waals surface area (Å²) in [4.78, 5) is 12.3. The molecule has 1 atom stereocenters. The van der Waals surface area contributed by atoms with Crippen LogP contribution in [0.1, 0.15) is 50.0 Å². The molecule has 1 amide bonds. The van der Waals surface area contributed by atoms with Crippen LogP contribution in [0.4, 0.5) is 5.69 Å². The summed E-state index contributed by atoms with van der Waals surface area (Å²) in [5.41, 5.74) is 2.74. The predicted molar refractivity (Wildman–Crippen MR) is 81.7 cm³/mol. The molecule has 2 N–H and O–H groups in total. The fourth-order valence-corrected chi connectivity index (χ4v) is 2.26. The number of carbonyl (C=O) groups excluding carboxylic acids is 1. The summed E-state index contributed by atoms with van der Waals surface area (Å²) >= 11 is 0. The van der Waals surface area contributed by atoms with E-state index in [0.29, 0.717) is 5.92 Å². The molecular weight excluding hydrogens is 236 g/mol. The Morgan fingerprint density at radius 3 is 2.53 bits per heavy atom. The standard InChI is InChI=1S/C16H26N2O/c1-6-17-15-8-7-12(4)10-14(15)16(19)18-13(5)9-11(2)3/h7-8,10-11,13,17H,6,9H2,1-5H3,(H,18,19). The van der Waals surface area contributed by atoms with Crippen molar-refractivity contribution in [3.05, 3.63) is 29.3 Å². The number of nitrogens with one attached hydrogen (secondary N) is 2. The van der Waals surface area contributed by atoms with E-state index in [-0.39, 0.29) is 11.9 Å². The lowest BCUT2D eigenvalue weighted by molar-refractivity contribution is 0.0937. The quantitative estimate of drug-likeness (QED) is 0.822. The molecule has 106 valence electrons. The minimum absolute atomic E-state index is 0.00722. The highest BCUT2D eigenvalue weighted by molar-refractivity contribution is 6.00. The van der Waals surface area contributed by atoms with Crippen LogP contribution in [0.2, 0.25) is 0 Å². The fourth-order valence-electron chi connectivity index (χ4n) is 2.26. The first-order valence-corrected chi connectivity index (χ1v) is 7.09. The zero-order chi connectivity index (χ0) is 14.4. The predicted octanol–water partition coefficient (Wildman–Crippen LogP) is 3.59. The Kier molecular flexibility index (Phi) is 5.87. The van der Waals surface area contributed by atoms with Crippen molar-refractivity contribution < 1.29 is 4.79 Å². The summed E-state index contributed by atoms with van der Waals surface area (Å²) in [6.07, 6.45) is 0.994. The van der Waals surface area contributed by atoms with Gasteiger partial charge in [-0.25, -0.2) is 0 Å². The van der Waals surface area contributed by atoms with Crippen LogP contribution in [0.15, 0.2) is 18.2 Å². The van der Waals surface area contributed by atoms with E-state index in [1.807, 2.05) is 32.0 Å². The molecule has 0 spiro atoms. The van der Waals surface area contributed by atoms with Gasteiger partial charge in [-0.3, -0.25) is 4.79 Å². The highest BCUT2D eigenvalue weighted by Gasteiger charge is 2.14. The minimum atomic E-state index is 0.00722. The van der Waals surface area contributed by atoms with Gasteiger partial charge in [0.1, 0.15) is 0 Å². The van der Waals surface area contributed by atoms with Crippen molar-refractivity contribution in [3.8, 4) is 0 Å². The van der Waals surface area contributed by atoms with Gasteiger partial charge in [-0.15, -0.1) is 0 Å². The molecule has 1 aromatic carbocycles. The van der Waals surface area contributed by atoms with Gasteiger partial charge in [0, 0.05) is 18.3 Å². The van der Waals surface area contributed by atoms with Gasteiger partial charge in [0.25, 0.3) is 5.91 Å². The van der Waals surface area contributed by atoms with Gasteiger partial charge in [-0.1, -0.05) is 25.5 Å². The number of rotatable bonds is 6. The van der Waals surface area contributed by atoms with Crippen molar-refractivity contribution >= 4 is 11.6 Å². The second-order valence-corrected chi connectivity index (χ2v) is 5.58. The molecular formula is C16H26N2O. The fraction of sp³-hybridized carbons (Fsp3) is 0.562. The second kappa shape index (κ2) is 7.17. The average Bonchev–Trinajstić information content (AvgIpc) is 2.30. The molecule has 0 aliphatic rings. The monoisotopic (exact) mass is 262 g/mol. The maximum atomic E-state index is 12.3. The lowest BCUT2D eigenvalue weighted by Crippen LogP contribution is -2.34.